The Morgan fingerprint density at radius 3 is 1.91 bits per heavy atom. The van der Waals surface area contributed by atoms with Crippen molar-refractivity contribution < 1.29 is 23.9 Å². The highest BCUT2D eigenvalue weighted by Gasteiger charge is 2.30. The lowest BCUT2D eigenvalue weighted by Crippen LogP contribution is -2.46. The van der Waals surface area contributed by atoms with Gasteiger partial charge in [0.1, 0.15) is 11.2 Å². The first-order valence-electron chi connectivity index (χ1n) is 11.8. The van der Waals surface area contributed by atoms with E-state index >= 15 is 0 Å². The van der Waals surface area contributed by atoms with Gasteiger partial charge in [-0.2, -0.15) is 0 Å². The van der Waals surface area contributed by atoms with Crippen molar-refractivity contribution >= 4 is 18.1 Å². The van der Waals surface area contributed by atoms with Gasteiger partial charge in [0, 0.05) is 32.1 Å². The molecule has 9 nitrogen and oxygen atoms in total. The van der Waals surface area contributed by atoms with Crippen LogP contribution >= 0.6 is 0 Å². The van der Waals surface area contributed by atoms with E-state index in [0.717, 1.165) is 25.7 Å². The number of nitrogens with zero attached hydrogens (tertiary/aromatic N) is 2. The number of hydrazine groups is 1. The number of nitrogens with two attached hydrogens (primary N) is 1. The highest BCUT2D eigenvalue weighted by Crippen LogP contribution is 2.24. The molecule has 0 aromatic carbocycles. The van der Waals surface area contributed by atoms with Crippen LogP contribution in [0.15, 0.2) is 0 Å². The van der Waals surface area contributed by atoms with Crippen LogP contribution in [0.5, 0.6) is 0 Å². The lowest BCUT2D eigenvalue weighted by atomic mass is 9.94. The summed E-state index contributed by atoms with van der Waals surface area (Å²) in [4.78, 5) is 40.4. The summed E-state index contributed by atoms with van der Waals surface area (Å²) in [5.41, 5.74) is 0.924. The van der Waals surface area contributed by atoms with E-state index in [0.29, 0.717) is 32.5 Å². The van der Waals surface area contributed by atoms with E-state index < -0.39 is 17.3 Å². The molecule has 0 bridgehead atoms. The Bertz CT molecular complexity index is 606. The van der Waals surface area contributed by atoms with E-state index in [9.17, 15) is 14.4 Å². The maximum atomic E-state index is 12.9. The minimum absolute atomic E-state index is 0.168. The first-order chi connectivity index (χ1) is 14.8. The summed E-state index contributed by atoms with van der Waals surface area (Å²) < 4.78 is 11.2. The van der Waals surface area contributed by atoms with Gasteiger partial charge in [-0.15, -0.1) is 0 Å². The van der Waals surface area contributed by atoms with Crippen LogP contribution in [0, 0.1) is 0 Å². The molecule has 0 heterocycles. The van der Waals surface area contributed by atoms with Gasteiger partial charge in [-0.1, -0.05) is 19.3 Å². The number of hydrogen-bond acceptors (Lipinski definition) is 6. The molecule has 32 heavy (non-hydrogen) atoms. The number of hydrogen-bond donors (Lipinski definition) is 2. The van der Waals surface area contributed by atoms with E-state index in [1.54, 1.807) is 4.90 Å². The van der Waals surface area contributed by atoms with Crippen molar-refractivity contribution in [3.8, 4) is 0 Å². The Morgan fingerprint density at radius 1 is 0.844 bits per heavy atom. The Kier molecular flexibility index (Phi) is 11.3. The van der Waals surface area contributed by atoms with Crippen LogP contribution in [-0.4, -0.2) is 64.8 Å². The minimum atomic E-state index is -0.616. The second-order valence-electron chi connectivity index (χ2n) is 10.5. The van der Waals surface area contributed by atoms with Crippen LogP contribution in [0.1, 0.15) is 92.9 Å². The number of carbonyl (C=O) groups excluding carboxylic acids is 3. The third-order valence-electron chi connectivity index (χ3n) is 5.12. The van der Waals surface area contributed by atoms with Crippen LogP contribution in [0.3, 0.4) is 0 Å². The van der Waals surface area contributed by atoms with E-state index in [1.165, 1.54) is 6.42 Å². The van der Waals surface area contributed by atoms with E-state index in [-0.39, 0.29) is 24.5 Å². The molecule has 9 heteroatoms. The van der Waals surface area contributed by atoms with Gasteiger partial charge in [0.2, 0.25) is 5.91 Å². The molecule has 3 amide bonds. The van der Waals surface area contributed by atoms with Gasteiger partial charge in [-0.3, -0.25) is 10.2 Å². The summed E-state index contributed by atoms with van der Waals surface area (Å²) in [7, 11) is 0. The molecule has 0 aliphatic heterocycles. The predicted octanol–water partition coefficient (Wildman–Crippen LogP) is 3.95. The molecule has 0 spiro atoms. The van der Waals surface area contributed by atoms with Gasteiger partial charge in [-0.25, -0.2) is 15.4 Å². The molecule has 0 saturated heterocycles. The van der Waals surface area contributed by atoms with Crippen LogP contribution in [0.25, 0.3) is 0 Å². The first-order valence-corrected chi connectivity index (χ1v) is 11.8. The van der Waals surface area contributed by atoms with Gasteiger partial charge in [0.25, 0.3) is 0 Å². The maximum absolute atomic E-state index is 12.9. The molecule has 0 radical (unpaired) electrons. The fraction of sp³-hybridized carbons (Fsp3) is 0.870. The van der Waals surface area contributed by atoms with Crippen molar-refractivity contribution in [1.82, 2.24) is 15.2 Å². The molecule has 0 unspecified atom stereocenters. The highest BCUT2D eigenvalue weighted by atomic mass is 16.6. The predicted molar refractivity (Wildman–Crippen MR) is 124 cm³/mol. The van der Waals surface area contributed by atoms with Crippen molar-refractivity contribution in [1.29, 1.82) is 0 Å². The fourth-order valence-corrected chi connectivity index (χ4v) is 3.69. The summed E-state index contributed by atoms with van der Waals surface area (Å²) in [6.45, 7) is 12.4. The molecule has 1 aliphatic carbocycles. The molecule has 0 aromatic heterocycles. The summed E-state index contributed by atoms with van der Waals surface area (Å²) in [5.74, 6) is 4.86. The van der Waals surface area contributed by atoms with E-state index in [1.807, 2.05) is 46.4 Å². The first kappa shape index (κ1) is 28.0. The van der Waals surface area contributed by atoms with Crippen molar-refractivity contribution in [3.05, 3.63) is 0 Å². The van der Waals surface area contributed by atoms with Crippen LogP contribution < -0.4 is 11.3 Å². The van der Waals surface area contributed by atoms with Gasteiger partial charge >= 0.3 is 12.2 Å². The molecule has 1 saturated carbocycles. The summed E-state index contributed by atoms with van der Waals surface area (Å²) in [6, 6.07) is 0.168. The average molecular weight is 457 g/mol. The number of carbonyl (C=O) groups is 3. The van der Waals surface area contributed by atoms with Crippen molar-refractivity contribution in [2.45, 2.75) is 110 Å². The molecular formula is C23H44N4O5. The fourth-order valence-electron chi connectivity index (χ4n) is 3.69. The Labute approximate surface area is 193 Å². The molecular weight excluding hydrogens is 412 g/mol. The maximum Gasteiger partial charge on any atom is 0.410 e. The standard InChI is InChI=1S/C23H44N4O5/c1-22(2,3)31-20(29)26(15-10-14-19(28)25-24)16-11-17-27(18-12-8-7-9-13-18)21(30)32-23(4,5)6/h18H,7-17,24H2,1-6H3,(H,25,28). The van der Waals surface area contributed by atoms with Crippen molar-refractivity contribution in [3.63, 3.8) is 0 Å². The van der Waals surface area contributed by atoms with E-state index in [4.69, 9.17) is 15.3 Å². The third kappa shape index (κ3) is 11.5. The Hall–Kier alpha value is -2.03. The van der Waals surface area contributed by atoms with E-state index in [2.05, 4.69) is 5.43 Å². The number of amides is 3. The molecule has 1 rings (SSSR count). The lowest BCUT2D eigenvalue weighted by Gasteiger charge is -2.36. The smallest absolute Gasteiger partial charge is 0.410 e. The summed E-state index contributed by atoms with van der Waals surface area (Å²) in [6.07, 6.45) is 5.93. The second-order valence-corrected chi connectivity index (χ2v) is 10.5. The van der Waals surface area contributed by atoms with Crippen LogP contribution in [-0.2, 0) is 14.3 Å². The molecule has 186 valence electrons. The quantitative estimate of drug-likeness (QED) is 0.308. The zero-order valence-electron chi connectivity index (χ0n) is 20.9. The van der Waals surface area contributed by atoms with Crippen molar-refractivity contribution in [2.75, 3.05) is 19.6 Å². The summed E-state index contributed by atoms with van der Waals surface area (Å²) >= 11 is 0. The molecule has 0 atom stereocenters. The molecule has 0 aromatic rings. The van der Waals surface area contributed by atoms with Gasteiger partial charge in [0.05, 0.1) is 0 Å². The molecule has 1 fully saturated rings. The third-order valence-corrected chi connectivity index (χ3v) is 5.12. The zero-order valence-corrected chi connectivity index (χ0v) is 20.9. The largest absolute Gasteiger partial charge is 0.444 e. The molecule has 1 aliphatic rings. The number of nitrogens with one attached hydrogen (secondary N) is 1. The normalized spacial score (nSPS) is 15.1. The second kappa shape index (κ2) is 12.9. The van der Waals surface area contributed by atoms with Crippen molar-refractivity contribution in [2.24, 2.45) is 5.84 Å². The summed E-state index contributed by atoms with van der Waals surface area (Å²) in [5, 5.41) is 0. The van der Waals surface area contributed by atoms with Gasteiger partial charge in [-0.05, 0) is 67.2 Å². The minimum Gasteiger partial charge on any atom is -0.444 e. The SMILES string of the molecule is CC(C)(C)OC(=O)N(CCCC(=O)NN)CCCN(C(=O)OC(C)(C)C)C1CCCCC1. The monoisotopic (exact) mass is 456 g/mol. The van der Waals surface area contributed by atoms with Gasteiger partial charge < -0.3 is 19.3 Å². The van der Waals surface area contributed by atoms with Gasteiger partial charge in [0.15, 0.2) is 0 Å². The topological polar surface area (TPSA) is 114 Å². The lowest BCUT2D eigenvalue weighted by molar-refractivity contribution is -0.121. The van der Waals surface area contributed by atoms with Crippen LogP contribution in [0.2, 0.25) is 0 Å². The zero-order chi connectivity index (χ0) is 24.4. The average Bonchev–Trinajstić information content (AvgIpc) is 2.67. The Balaban J connectivity index is 2.77. The number of rotatable bonds is 9. The van der Waals surface area contributed by atoms with Crippen LogP contribution in [0.4, 0.5) is 9.59 Å². The Morgan fingerprint density at radius 2 is 1.38 bits per heavy atom. The molecule has 3 N–H and O–H groups in total. The number of ether oxygens (including phenoxy) is 2. The highest BCUT2D eigenvalue weighted by molar-refractivity contribution is 5.75.